The number of rotatable bonds is 6. The van der Waals surface area contributed by atoms with E-state index in [-0.39, 0.29) is 34.7 Å². The Morgan fingerprint density at radius 3 is 2.67 bits per heavy atom. The quantitative estimate of drug-likeness (QED) is 0.259. The molecule has 1 amide bonds. The van der Waals surface area contributed by atoms with Crippen molar-refractivity contribution >= 4 is 22.8 Å². The topological polar surface area (TPSA) is 110 Å². The molecule has 39 heavy (non-hydrogen) atoms. The fourth-order valence-electron chi connectivity index (χ4n) is 5.03. The number of nitriles is 1. The first-order valence-corrected chi connectivity index (χ1v) is 13.1. The van der Waals surface area contributed by atoms with Gasteiger partial charge in [0.1, 0.15) is 40.4 Å². The fraction of sp³-hybridized carbons (Fsp3) is 0.267. The number of likely N-dealkylation sites (tertiary alicyclic amines) is 1. The van der Waals surface area contributed by atoms with Gasteiger partial charge in [-0.3, -0.25) is 4.79 Å². The molecule has 3 heterocycles. The summed E-state index contributed by atoms with van der Waals surface area (Å²) in [5, 5.41) is 10.2. The third-order valence-electron chi connectivity index (χ3n) is 7.21. The van der Waals surface area contributed by atoms with E-state index in [1.165, 1.54) is 6.07 Å². The number of anilines is 1. The third-order valence-corrected chi connectivity index (χ3v) is 7.21. The maximum atomic E-state index is 15.2. The Balaban J connectivity index is 1.28. The molecule has 6 rings (SSSR count). The Labute approximate surface area is 225 Å². The number of aromatic nitrogens is 3. The molecule has 1 aliphatic heterocycles. The molecule has 1 aliphatic carbocycles. The van der Waals surface area contributed by atoms with E-state index in [9.17, 15) is 10.1 Å². The first kappa shape index (κ1) is 24.6. The zero-order chi connectivity index (χ0) is 26.9. The largest absolute Gasteiger partial charge is 0.457 e. The van der Waals surface area contributed by atoms with Gasteiger partial charge < -0.3 is 19.9 Å². The zero-order valence-corrected chi connectivity index (χ0v) is 21.3. The van der Waals surface area contributed by atoms with Crippen LogP contribution < -0.4 is 10.5 Å². The molecule has 2 aromatic heterocycles. The van der Waals surface area contributed by atoms with Gasteiger partial charge >= 0.3 is 0 Å². The van der Waals surface area contributed by atoms with Crippen molar-refractivity contribution in [3.8, 4) is 29.0 Å². The van der Waals surface area contributed by atoms with E-state index < -0.39 is 5.82 Å². The van der Waals surface area contributed by atoms with Crippen molar-refractivity contribution in [1.82, 2.24) is 19.4 Å². The molecule has 196 valence electrons. The van der Waals surface area contributed by atoms with Crippen molar-refractivity contribution in [3.05, 3.63) is 78.3 Å². The number of amides is 1. The smallest absolute Gasteiger partial charge is 0.264 e. The summed E-state index contributed by atoms with van der Waals surface area (Å²) < 4.78 is 22.9. The average Bonchev–Trinajstić information content (AvgIpc) is 3.67. The summed E-state index contributed by atoms with van der Waals surface area (Å²) in [5.41, 5.74) is 7.29. The van der Waals surface area contributed by atoms with Crippen molar-refractivity contribution in [2.45, 2.75) is 31.7 Å². The number of fused-ring (bicyclic) bond motifs is 1. The highest BCUT2D eigenvalue weighted by Crippen LogP contribution is 2.34. The van der Waals surface area contributed by atoms with Gasteiger partial charge in [-0.25, -0.2) is 14.4 Å². The van der Waals surface area contributed by atoms with E-state index in [1.807, 2.05) is 41.1 Å². The minimum Gasteiger partial charge on any atom is -0.457 e. The zero-order valence-electron chi connectivity index (χ0n) is 21.3. The molecular formula is C30H27FN6O2. The molecule has 1 saturated heterocycles. The highest BCUT2D eigenvalue weighted by atomic mass is 19.1. The maximum Gasteiger partial charge on any atom is 0.264 e. The molecule has 1 atom stereocenters. The average molecular weight is 523 g/mol. The van der Waals surface area contributed by atoms with Crippen molar-refractivity contribution in [3.63, 3.8) is 0 Å². The van der Waals surface area contributed by atoms with Gasteiger partial charge in [-0.1, -0.05) is 24.3 Å². The van der Waals surface area contributed by atoms with Crippen molar-refractivity contribution in [2.75, 3.05) is 18.8 Å². The van der Waals surface area contributed by atoms with Crippen molar-refractivity contribution < 1.29 is 13.9 Å². The molecule has 1 saturated carbocycles. The lowest BCUT2D eigenvalue weighted by Crippen LogP contribution is -2.41. The number of piperidine rings is 1. The molecule has 9 heteroatoms. The van der Waals surface area contributed by atoms with Gasteiger partial charge in [-0.15, -0.1) is 0 Å². The maximum absolute atomic E-state index is 15.2. The van der Waals surface area contributed by atoms with E-state index in [2.05, 4.69) is 11.1 Å². The molecule has 0 radical (unpaired) electrons. The second-order valence-electron chi connectivity index (χ2n) is 10.0. The molecule has 1 unspecified atom stereocenters. The minimum atomic E-state index is -0.527. The van der Waals surface area contributed by atoms with Crippen LogP contribution in [0, 0.1) is 23.1 Å². The molecule has 2 aliphatic rings. The summed E-state index contributed by atoms with van der Waals surface area (Å²) in [7, 11) is 0. The number of benzene rings is 2. The molecule has 2 fully saturated rings. The number of allylic oxidation sites excluding steroid dienone is 1. The van der Waals surface area contributed by atoms with Crippen LogP contribution in [0.1, 0.15) is 31.7 Å². The predicted octanol–water partition coefficient (Wildman–Crippen LogP) is 5.64. The Hall–Kier alpha value is -4.71. The van der Waals surface area contributed by atoms with Crippen molar-refractivity contribution in [2.24, 2.45) is 5.92 Å². The second-order valence-corrected chi connectivity index (χ2v) is 10.0. The number of nitrogens with two attached hydrogens (primary N) is 1. The lowest BCUT2D eigenvalue weighted by molar-refractivity contribution is -0.128. The molecule has 8 nitrogen and oxygen atoms in total. The van der Waals surface area contributed by atoms with E-state index in [0.29, 0.717) is 41.5 Å². The molecular weight excluding hydrogens is 495 g/mol. The Bertz CT molecular complexity index is 1620. The highest BCUT2D eigenvalue weighted by molar-refractivity contribution is 5.97. The molecule has 0 spiro atoms. The van der Waals surface area contributed by atoms with Crippen LogP contribution in [-0.4, -0.2) is 38.4 Å². The van der Waals surface area contributed by atoms with Gasteiger partial charge in [0.05, 0.1) is 17.0 Å². The van der Waals surface area contributed by atoms with Crippen LogP contribution in [0.25, 0.3) is 22.4 Å². The number of ether oxygens (including phenoxy) is 1. The number of carbonyl (C=O) groups is 1. The number of carbonyl (C=O) groups excluding carboxylic acids is 1. The van der Waals surface area contributed by atoms with Crippen molar-refractivity contribution in [1.29, 1.82) is 5.26 Å². The number of para-hydroxylation sites is 1. The summed E-state index contributed by atoms with van der Waals surface area (Å²) in [6.07, 6.45) is 7.38. The summed E-state index contributed by atoms with van der Waals surface area (Å²) in [4.78, 5) is 23.9. The van der Waals surface area contributed by atoms with E-state index >= 15 is 4.39 Å². The lowest BCUT2D eigenvalue weighted by Gasteiger charge is -2.33. The highest BCUT2D eigenvalue weighted by Gasteiger charge is 2.30. The summed E-state index contributed by atoms with van der Waals surface area (Å²) >= 11 is 0. The van der Waals surface area contributed by atoms with Crippen LogP contribution in [-0.2, 0) is 4.79 Å². The predicted molar refractivity (Wildman–Crippen MR) is 145 cm³/mol. The van der Waals surface area contributed by atoms with Gasteiger partial charge in [0, 0.05) is 25.4 Å². The van der Waals surface area contributed by atoms with E-state index in [1.54, 1.807) is 29.2 Å². The molecule has 4 aromatic rings. The summed E-state index contributed by atoms with van der Waals surface area (Å²) in [5.74, 6) is 0.984. The van der Waals surface area contributed by atoms with Crippen LogP contribution in [0.5, 0.6) is 11.5 Å². The van der Waals surface area contributed by atoms with Gasteiger partial charge in [0.15, 0.2) is 5.82 Å². The van der Waals surface area contributed by atoms with Crippen LogP contribution in [0.3, 0.4) is 0 Å². The minimum absolute atomic E-state index is 0.0605. The second kappa shape index (κ2) is 10.2. The Kier molecular flexibility index (Phi) is 6.45. The molecule has 2 N–H and O–H groups in total. The number of halogens is 1. The lowest BCUT2D eigenvalue weighted by atomic mass is 10.0. The number of hydrogen-bond donors (Lipinski definition) is 1. The first-order chi connectivity index (χ1) is 19.0. The monoisotopic (exact) mass is 522 g/mol. The van der Waals surface area contributed by atoms with Crippen LogP contribution in [0.2, 0.25) is 0 Å². The summed E-state index contributed by atoms with van der Waals surface area (Å²) in [6, 6.07) is 17.6. The van der Waals surface area contributed by atoms with E-state index in [0.717, 1.165) is 25.7 Å². The SMILES string of the molecule is N#CC(=CC1CC1)C(=O)N1CCCC(n2ccc3c(N)nc(-c4ccc(Oc5ccccc5)cc4F)nc32)C1. The number of hydrogen-bond acceptors (Lipinski definition) is 6. The van der Waals surface area contributed by atoms with Gasteiger partial charge in [-0.2, -0.15) is 5.26 Å². The standard InChI is InChI=1S/C30H27FN6O2/c31-26-16-23(39-22-6-2-1-3-7-22)10-11-24(26)28-34-27(33)25-12-14-37(29(25)35-28)21-5-4-13-36(18-21)30(38)20(17-32)15-19-8-9-19/h1-3,6-7,10-12,14-16,19,21H,4-5,8-9,13,18H2,(H2,33,34,35). The number of nitrogens with zero attached hydrogens (tertiary/aromatic N) is 5. The molecule has 2 aromatic carbocycles. The van der Waals surface area contributed by atoms with Gasteiger partial charge in [0.25, 0.3) is 5.91 Å². The van der Waals surface area contributed by atoms with Gasteiger partial charge in [0.2, 0.25) is 0 Å². The fourth-order valence-corrected chi connectivity index (χ4v) is 5.03. The normalized spacial score (nSPS) is 17.7. The Morgan fingerprint density at radius 1 is 1.10 bits per heavy atom. The third kappa shape index (κ3) is 5.06. The Morgan fingerprint density at radius 2 is 1.92 bits per heavy atom. The van der Waals surface area contributed by atoms with Crippen LogP contribution >= 0.6 is 0 Å². The number of nitrogen functional groups attached to an aromatic ring is 1. The summed E-state index contributed by atoms with van der Waals surface area (Å²) in [6.45, 7) is 1.05. The molecule has 0 bridgehead atoms. The van der Waals surface area contributed by atoms with Crippen LogP contribution in [0.15, 0.2) is 72.4 Å². The van der Waals surface area contributed by atoms with Crippen LogP contribution in [0.4, 0.5) is 10.2 Å². The van der Waals surface area contributed by atoms with Gasteiger partial charge in [-0.05, 0) is 61.9 Å². The first-order valence-electron chi connectivity index (χ1n) is 13.1. The van der Waals surface area contributed by atoms with E-state index in [4.69, 9.17) is 15.5 Å².